The fourth-order valence-corrected chi connectivity index (χ4v) is 10.3. The van der Waals surface area contributed by atoms with Crippen LogP contribution in [0.15, 0.2) is 42.5 Å². The van der Waals surface area contributed by atoms with Gasteiger partial charge in [-0.1, -0.05) is 269 Å². The second-order valence-corrected chi connectivity index (χ2v) is 21.6. The van der Waals surface area contributed by atoms with E-state index in [-0.39, 0.29) is 25.5 Å². The number of urea groups is 1. The van der Waals surface area contributed by atoms with Crippen LogP contribution in [-0.4, -0.2) is 99.6 Å². The molecule has 0 unspecified atom stereocenters. The van der Waals surface area contributed by atoms with Crippen molar-refractivity contribution in [3.8, 4) is 0 Å². The summed E-state index contributed by atoms with van der Waals surface area (Å²) in [5.74, 6) is -0.270. The van der Waals surface area contributed by atoms with Gasteiger partial charge in [0.2, 0.25) is 5.91 Å². The molecule has 1 heterocycles. The number of carbonyl (C=O) groups excluding carboxylic acids is 2. The minimum atomic E-state index is -1.67. The third-order valence-electron chi connectivity index (χ3n) is 15.1. The van der Waals surface area contributed by atoms with E-state index in [1.54, 1.807) is 6.07 Å². The smallest absolute Gasteiger partial charge is 0.319 e. The predicted octanol–water partition coefficient (Wildman–Crippen LogP) is 13.5. The van der Waals surface area contributed by atoms with E-state index in [0.29, 0.717) is 18.5 Å². The van der Waals surface area contributed by atoms with Crippen LogP contribution in [0.25, 0.3) is 10.8 Å². The number of carbonyl (C=O) groups is 2. The van der Waals surface area contributed by atoms with Gasteiger partial charge < -0.3 is 51.0 Å². The molecule has 0 radical (unpaired) electrons. The first-order valence-electron chi connectivity index (χ1n) is 30.2. The largest absolute Gasteiger partial charge is 0.390 e. The molecule has 8 atom stereocenters. The Balaban J connectivity index is 1.37. The van der Waals surface area contributed by atoms with Crippen LogP contribution in [0.1, 0.15) is 251 Å². The molecule has 0 aromatic heterocycles. The third-order valence-corrected chi connectivity index (χ3v) is 15.1. The molecule has 0 bridgehead atoms. The molecule has 1 aliphatic heterocycles. The van der Waals surface area contributed by atoms with Crippen LogP contribution >= 0.6 is 0 Å². The zero-order chi connectivity index (χ0) is 52.6. The monoisotopic (exact) mass is 1030 g/mol. The summed E-state index contributed by atoms with van der Waals surface area (Å²) < 4.78 is 11.8. The standard InChI is InChI=1S/C61H107N3O9/c1-3-5-7-9-11-13-15-17-18-19-20-21-22-23-24-25-26-27-29-31-33-35-37-46-55(66)63-52(56(67)53(65)45-36-34-32-30-28-16-14-12-10-8-6-4-2)48-72-60-59(70)58(69)57(68)54(73-60)47-62-61(71)64-51-44-40-42-49-41-38-39-43-50(49)51/h38-44,52-54,56-60,65,67-70H,3-37,45-48H2,1-2H3,(H,63,66)(H2,62,64,71)/t52-,53+,54+,56-,57-,58-,59+,60-/m0/s1. The third kappa shape index (κ3) is 29.3. The number of unbranched alkanes of at least 4 members (excludes halogenated alkanes) is 33. The van der Waals surface area contributed by atoms with Gasteiger partial charge in [-0.2, -0.15) is 0 Å². The summed E-state index contributed by atoms with van der Waals surface area (Å²) in [7, 11) is 0. The summed E-state index contributed by atoms with van der Waals surface area (Å²) in [6.07, 6.45) is 34.7. The molecule has 12 heteroatoms. The zero-order valence-electron chi connectivity index (χ0n) is 46.1. The maximum Gasteiger partial charge on any atom is 0.319 e. The first kappa shape index (κ1) is 64.4. The topological polar surface area (TPSA) is 190 Å². The van der Waals surface area contributed by atoms with E-state index < -0.39 is 55.0 Å². The van der Waals surface area contributed by atoms with Gasteiger partial charge in [0.15, 0.2) is 6.29 Å². The maximum absolute atomic E-state index is 13.3. The van der Waals surface area contributed by atoms with E-state index >= 15 is 0 Å². The number of fused-ring (bicyclic) bond motifs is 1. The number of aliphatic hydroxyl groups excluding tert-OH is 5. The highest BCUT2D eigenvalue weighted by Gasteiger charge is 2.45. The van der Waals surface area contributed by atoms with Gasteiger partial charge in [0.1, 0.15) is 30.5 Å². The molecule has 0 spiro atoms. The molecule has 1 fully saturated rings. The second kappa shape index (κ2) is 42.3. The predicted molar refractivity (Wildman–Crippen MR) is 300 cm³/mol. The lowest BCUT2D eigenvalue weighted by Gasteiger charge is -2.41. The average molecular weight is 1030 g/mol. The molecule has 1 saturated heterocycles. The summed E-state index contributed by atoms with van der Waals surface area (Å²) in [4.78, 5) is 26.3. The molecule has 3 rings (SSSR count). The number of ether oxygens (including phenoxy) is 2. The first-order valence-corrected chi connectivity index (χ1v) is 30.2. The molecule has 1 aliphatic rings. The van der Waals surface area contributed by atoms with E-state index in [0.717, 1.165) is 55.7 Å². The Kier molecular flexibility index (Phi) is 37.3. The van der Waals surface area contributed by atoms with Crippen molar-refractivity contribution in [3.63, 3.8) is 0 Å². The van der Waals surface area contributed by atoms with Gasteiger partial charge in [0, 0.05) is 18.4 Å². The number of benzene rings is 2. The van der Waals surface area contributed by atoms with Crippen LogP contribution in [0.2, 0.25) is 0 Å². The van der Waals surface area contributed by atoms with Crippen LogP contribution in [-0.2, 0) is 14.3 Å². The number of hydrogen-bond acceptors (Lipinski definition) is 9. The van der Waals surface area contributed by atoms with Crippen LogP contribution in [0.5, 0.6) is 0 Å². The van der Waals surface area contributed by atoms with Gasteiger partial charge >= 0.3 is 6.03 Å². The summed E-state index contributed by atoms with van der Waals surface area (Å²) in [5.41, 5.74) is 0.594. The van der Waals surface area contributed by atoms with Crippen molar-refractivity contribution in [1.82, 2.24) is 10.6 Å². The van der Waals surface area contributed by atoms with Gasteiger partial charge in [-0.3, -0.25) is 4.79 Å². The fourth-order valence-electron chi connectivity index (χ4n) is 10.3. The summed E-state index contributed by atoms with van der Waals surface area (Å²) >= 11 is 0. The minimum absolute atomic E-state index is 0.221. The highest BCUT2D eigenvalue weighted by Crippen LogP contribution is 2.25. The van der Waals surface area contributed by atoms with Crippen LogP contribution in [0, 0.1) is 0 Å². The summed E-state index contributed by atoms with van der Waals surface area (Å²) in [5, 5.41) is 65.3. The number of rotatable bonds is 46. The van der Waals surface area contributed by atoms with Crippen LogP contribution in [0.3, 0.4) is 0 Å². The minimum Gasteiger partial charge on any atom is -0.390 e. The van der Waals surface area contributed by atoms with Gasteiger partial charge in [-0.15, -0.1) is 0 Å². The second-order valence-electron chi connectivity index (χ2n) is 21.6. The molecule has 12 nitrogen and oxygen atoms in total. The molecular weight excluding hydrogens is 919 g/mol. The number of hydrogen-bond donors (Lipinski definition) is 8. The van der Waals surface area contributed by atoms with E-state index in [2.05, 4.69) is 29.8 Å². The number of amides is 3. The molecule has 420 valence electrons. The Morgan fingerprint density at radius 2 is 0.986 bits per heavy atom. The summed E-state index contributed by atoms with van der Waals surface area (Å²) in [6, 6.07) is 11.6. The fraction of sp³-hybridized carbons (Fsp3) is 0.803. The van der Waals surface area contributed by atoms with E-state index in [1.165, 1.54) is 173 Å². The lowest BCUT2D eigenvalue weighted by atomic mass is 9.98. The summed E-state index contributed by atoms with van der Waals surface area (Å²) in [6.45, 7) is 3.96. The van der Waals surface area contributed by atoms with E-state index in [1.807, 2.05) is 36.4 Å². The number of aliphatic hydroxyl groups is 5. The lowest BCUT2D eigenvalue weighted by Crippen LogP contribution is -2.61. The Bertz CT molecular complexity index is 1650. The SMILES string of the molecule is CCCCCCCCCCCCCCCCCCCCCCCCCC(=O)N[C@@H](CO[C@H]1O[C@H](CNC(=O)Nc2cccc3ccccc23)[C@H](O)[C@H](O)[C@H]1O)[C@H](O)[C@H](O)CCCCCCCCCCCCCC. The average Bonchev–Trinajstić information content (AvgIpc) is 3.39. The Hall–Kier alpha value is -2.84. The molecule has 0 saturated carbocycles. The van der Waals surface area contributed by atoms with Crippen molar-refractivity contribution in [2.24, 2.45) is 0 Å². The van der Waals surface area contributed by atoms with E-state index in [4.69, 9.17) is 9.47 Å². The molecule has 3 amide bonds. The van der Waals surface area contributed by atoms with Crippen molar-refractivity contribution < 1.29 is 44.6 Å². The lowest BCUT2D eigenvalue weighted by molar-refractivity contribution is -0.297. The normalized spacial score (nSPS) is 19.2. The van der Waals surface area contributed by atoms with E-state index in [9.17, 15) is 35.1 Å². The van der Waals surface area contributed by atoms with Gasteiger partial charge in [-0.05, 0) is 24.3 Å². The van der Waals surface area contributed by atoms with Gasteiger partial charge in [0.25, 0.3) is 0 Å². The molecule has 0 aliphatic carbocycles. The van der Waals surface area contributed by atoms with Crippen molar-refractivity contribution in [2.45, 2.75) is 300 Å². The highest BCUT2D eigenvalue weighted by atomic mass is 16.7. The Morgan fingerprint density at radius 1 is 0.548 bits per heavy atom. The maximum atomic E-state index is 13.3. The number of anilines is 1. The molecule has 2 aromatic rings. The van der Waals surface area contributed by atoms with Crippen LogP contribution in [0.4, 0.5) is 10.5 Å². The molecule has 73 heavy (non-hydrogen) atoms. The van der Waals surface area contributed by atoms with Crippen LogP contribution < -0.4 is 16.0 Å². The zero-order valence-corrected chi connectivity index (χ0v) is 46.1. The van der Waals surface area contributed by atoms with Crippen molar-refractivity contribution in [2.75, 3.05) is 18.5 Å². The molecular formula is C61H107N3O9. The first-order chi connectivity index (χ1) is 35.7. The number of nitrogens with one attached hydrogen (secondary N) is 3. The van der Waals surface area contributed by atoms with Crippen molar-refractivity contribution in [3.05, 3.63) is 42.5 Å². The van der Waals surface area contributed by atoms with Gasteiger partial charge in [0.05, 0.1) is 24.4 Å². The molecule has 8 N–H and O–H groups in total. The Morgan fingerprint density at radius 3 is 1.48 bits per heavy atom. The van der Waals surface area contributed by atoms with Crippen molar-refractivity contribution in [1.29, 1.82) is 0 Å². The molecule has 2 aromatic carbocycles. The quantitative estimate of drug-likeness (QED) is 0.0298. The highest BCUT2D eigenvalue weighted by molar-refractivity contribution is 6.01. The Labute approximate surface area is 443 Å². The van der Waals surface area contributed by atoms with Crippen molar-refractivity contribution >= 4 is 28.4 Å². The van der Waals surface area contributed by atoms with Gasteiger partial charge in [-0.25, -0.2) is 4.79 Å².